The predicted molar refractivity (Wildman–Crippen MR) is 100 cm³/mol. The number of unbranched alkanes of at least 4 members (excludes halogenated alkanes) is 4. The number of hydrogen-bond donors (Lipinski definition) is 2. The standard InChI is InChI=1S/C20H36N2/c1-6-7-8-9-10-11-17-13-16(5)19(21)18(20(17)22)15(4)12-14(2)3/h13-15H,6-12,21-22H2,1-5H3. The van der Waals surface area contributed by atoms with Gasteiger partial charge in [-0.2, -0.15) is 0 Å². The average Bonchev–Trinajstić information content (AvgIpc) is 2.43. The number of rotatable bonds is 9. The van der Waals surface area contributed by atoms with Crippen molar-refractivity contribution in [2.45, 2.75) is 85.5 Å². The van der Waals surface area contributed by atoms with Crippen LogP contribution in [-0.2, 0) is 6.42 Å². The summed E-state index contributed by atoms with van der Waals surface area (Å²) in [5, 5.41) is 0. The molecule has 0 saturated heterocycles. The Labute approximate surface area is 137 Å². The van der Waals surface area contributed by atoms with Crippen molar-refractivity contribution in [3.8, 4) is 0 Å². The number of anilines is 2. The fourth-order valence-corrected chi connectivity index (χ4v) is 3.43. The number of aryl methyl sites for hydroxylation is 2. The molecule has 0 fully saturated rings. The molecule has 1 aromatic rings. The van der Waals surface area contributed by atoms with Gasteiger partial charge >= 0.3 is 0 Å². The Morgan fingerprint density at radius 1 is 0.955 bits per heavy atom. The van der Waals surface area contributed by atoms with Crippen LogP contribution in [-0.4, -0.2) is 0 Å². The molecule has 1 aromatic carbocycles. The van der Waals surface area contributed by atoms with Crippen LogP contribution in [0.1, 0.15) is 88.8 Å². The predicted octanol–water partition coefficient (Wildman–Crippen LogP) is 5.82. The lowest BCUT2D eigenvalue weighted by atomic mass is 9.86. The molecular weight excluding hydrogens is 268 g/mol. The van der Waals surface area contributed by atoms with Crippen molar-refractivity contribution in [1.29, 1.82) is 0 Å². The van der Waals surface area contributed by atoms with Crippen LogP contribution in [0.3, 0.4) is 0 Å². The highest BCUT2D eigenvalue weighted by Gasteiger charge is 2.18. The molecule has 0 heterocycles. The third kappa shape index (κ3) is 5.23. The van der Waals surface area contributed by atoms with E-state index in [-0.39, 0.29) is 0 Å². The SMILES string of the molecule is CCCCCCCc1cc(C)c(N)c(C(C)CC(C)C)c1N. The summed E-state index contributed by atoms with van der Waals surface area (Å²) in [7, 11) is 0. The molecule has 0 saturated carbocycles. The van der Waals surface area contributed by atoms with Crippen LogP contribution in [0.2, 0.25) is 0 Å². The topological polar surface area (TPSA) is 52.0 Å². The second kappa shape index (κ2) is 9.07. The average molecular weight is 305 g/mol. The van der Waals surface area contributed by atoms with Gasteiger partial charge in [-0.1, -0.05) is 59.4 Å². The van der Waals surface area contributed by atoms with Crippen LogP contribution >= 0.6 is 0 Å². The van der Waals surface area contributed by atoms with E-state index in [1.54, 1.807) is 0 Å². The van der Waals surface area contributed by atoms with E-state index in [2.05, 4.69) is 40.7 Å². The lowest BCUT2D eigenvalue weighted by Gasteiger charge is -2.22. The third-order valence-corrected chi connectivity index (χ3v) is 4.61. The molecule has 2 nitrogen and oxygen atoms in total. The van der Waals surface area contributed by atoms with Gasteiger partial charge in [0.25, 0.3) is 0 Å². The van der Waals surface area contributed by atoms with Crippen molar-refractivity contribution in [3.05, 3.63) is 22.8 Å². The number of hydrogen-bond acceptors (Lipinski definition) is 2. The van der Waals surface area contributed by atoms with Crippen LogP contribution < -0.4 is 11.5 Å². The minimum absolute atomic E-state index is 0.429. The molecule has 2 heteroatoms. The lowest BCUT2D eigenvalue weighted by Crippen LogP contribution is -2.10. The lowest BCUT2D eigenvalue weighted by molar-refractivity contribution is 0.525. The molecule has 0 spiro atoms. The Bertz CT molecular complexity index is 463. The molecular formula is C20H36N2. The summed E-state index contributed by atoms with van der Waals surface area (Å²) in [5.41, 5.74) is 18.4. The van der Waals surface area contributed by atoms with Crippen molar-refractivity contribution in [2.75, 3.05) is 11.5 Å². The summed E-state index contributed by atoms with van der Waals surface area (Å²) in [6, 6.07) is 2.20. The van der Waals surface area contributed by atoms with E-state index in [1.807, 2.05) is 0 Å². The van der Waals surface area contributed by atoms with Crippen molar-refractivity contribution in [3.63, 3.8) is 0 Å². The molecule has 0 aliphatic carbocycles. The zero-order valence-corrected chi connectivity index (χ0v) is 15.3. The van der Waals surface area contributed by atoms with Crippen molar-refractivity contribution < 1.29 is 0 Å². The second-order valence-corrected chi connectivity index (χ2v) is 7.29. The monoisotopic (exact) mass is 304 g/mol. The van der Waals surface area contributed by atoms with E-state index in [4.69, 9.17) is 11.5 Å². The molecule has 126 valence electrons. The Morgan fingerprint density at radius 2 is 1.59 bits per heavy atom. The first-order chi connectivity index (χ1) is 10.4. The smallest absolute Gasteiger partial charge is 0.0402 e. The minimum Gasteiger partial charge on any atom is -0.398 e. The van der Waals surface area contributed by atoms with Gasteiger partial charge in [-0.05, 0) is 49.1 Å². The van der Waals surface area contributed by atoms with Gasteiger partial charge in [-0.15, -0.1) is 0 Å². The number of nitrogens with two attached hydrogens (primary N) is 2. The van der Waals surface area contributed by atoms with Crippen LogP contribution in [0.5, 0.6) is 0 Å². The van der Waals surface area contributed by atoms with Gasteiger partial charge < -0.3 is 11.5 Å². The van der Waals surface area contributed by atoms with Crippen molar-refractivity contribution in [2.24, 2.45) is 5.92 Å². The molecule has 1 atom stereocenters. The van der Waals surface area contributed by atoms with E-state index in [0.29, 0.717) is 11.8 Å². The van der Waals surface area contributed by atoms with Gasteiger partial charge in [0.15, 0.2) is 0 Å². The zero-order valence-electron chi connectivity index (χ0n) is 15.3. The summed E-state index contributed by atoms with van der Waals surface area (Å²) in [4.78, 5) is 0. The second-order valence-electron chi connectivity index (χ2n) is 7.29. The molecule has 0 aliphatic rings. The van der Waals surface area contributed by atoms with Crippen molar-refractivity contribution >= 4 is 11.4 Å². The minimum atomic E-state index is 0.429. The Morgan fingerprint density at radius 3 is 2.18 bits per heavy atom. The summed E-state index contributed by atoms with van der Waals surface area (Å²) in [6.45, 7) is 11.1. The fourth-order valence-electron chi connectivity index (χ4n) is 3.43. The largest absolute Gasteiger partial charge is 0.398 e. The molecule has 1 rings (SSSR count). The summed E-state index contributed by atoms with van der Waals surface area (Å²) < 4.78 is 0. The van der Waals surface area contributed by atoms with Gasteiger partial charge in [0.05, 0.1) is 0 Å². The first kappa shape index (κ1) is 18.9. The molecule has 0 aromatic heterocycles. The Hall–Kier alpha value is -1.18. The Balaban J connectivity index is 2.88. The van der Waals surface area contributed by atoms with E-state index >= 15 is 0 Å². The molecule has 4 N–H and O–H groups in total. The zero-order chi connectivity index (χ0) is 16.7. The molecule has 0 amide bonds. The van der Waals surface area contributed by atoms with Crippen LogP contribution in [0, 0.1) is 12.8 Å². The van der Waals surface area contributed by atoms with Crippen LogP contribution in [0.15, 0.2) is 6.07 Å². The van der Waals surface area contributed by atoms with Crippen LogP contribution in [0.25, 0.3) is 0 Å². The highest BCUT2D eigenvalue weighted by Crippen LogP contribution is 2.37. The van der Waals surface area contributed by atoms with Gasteiger partial charge in [0.1, 0.15) is 0 Å². The van der Waals surface area contributed by atoms with E-state index in [9.17, 15) is 0 Å². The maximum Gasteiger partial charge on any atom is 0.0402 e. The van der Waals surface area contributed by atoms with Gasteiger partial charge in [0.2, 0.25) is 0 Å². The first-order valence-corrected chi connectivity index (χ1v) is 9.05. The number of nitrogen functional groups attached to an aromatic ring is 2. The summed E-state index contributed by atoms with van der Waals surface area (Å²) in [6.07, 6.45) is 8.71. The van der Waals surface area contributed by atoms with Gasteiger partial charge in [0, 0.05) is 16.9 Å². The van der Waals surface area contributed by atoms with Gasteiger partial charge in [-0.3, -0.25) is 0 Å². The third-order valence-electron chi connectivity index (χ3n) is 4.61. The highest BCUT2D eigenvalue weighted by molar-refractivity contribution is 5.70. The molecule has 0 bridgehead atoms. The summed E-state index contributed by atoms with van der Waals surface area (Å²) in [5.74, 6) is 1.09. The molecule has 0 aliphatic heterocycles. The number of benzene rings is 1. The maximum atomic E-state index is 6.49. The Kier molecular flexibility index (Phi) is 7.78. The summed E-state index contributed by atoms with van der Waals surface area (Å²) >= 11 is 0. The van der Waals surface area contributed by atoms with E-state index in [0.717, 1.165) is 24.2 Å². The quantitative estimate of drug-likeness (QED) is 0.446. The highest BCUT2D eigenvalue weighted by atomic mass is 14.6. The molecule has 22 heavy (non-hydrogen) atoms. The van der Waals surface area contributed by atoms with E-state index < -0.39 is 0 Å². The van der Waals surface area contributed by atoms with E-state index in [1.165, 1.54) is 48.8 Å². The fraction of sp³-hybridized carbons (Fsp3) is 0.700. The maximum absolute atomic E-state index is 6.49. The molecule has 0 radical (unpaired) electrons. The van der Waals surface area contributed by atoms with Gasteiger partial charge in [-0.25, -0.2) is 0 Å². The normalized spacial score (nSPS) is 12.8. The molecule has 1 unspecified atom stereocenters. The van der Waals surface area contributed by atoms with Crippen molar-refractivity contribution in [1.82, 2.24) is 0 Å². The van der Waals surface area contributed by atoms with Crippen LogP contribution in [0.4, 0.5) is 11.4 Å². The first-order valence-electron chi connectivity index (χ1n) is 9.05.